The number of aliphatic hydroxyl groups excluding tert-OH is 9. The summed E-state index contributed by atoms with van der Waals surface area (Å²) in [6.07, 6.45) is -12.4. The SMILES string of the molecule is C[C@@H]1CC[C@@]2(OC1)O[C@H]1C[C@H]3[C@@H]4CC=C5C[C@@H](O[C@H]6O[C@@H](CO)[C@@H](O)[C@H](O[C@@H]7O[C@H](CO)[C@@H](O)[C@H](O)[C@H]7O)[C@H]6O[C@@H]6O[C@@H](C)[C@H](O)[C@@H](O)[C@H]6O)CC[C@]5(C)[C@H]4CC[C@]3(C)[C@H]1[C@@H]2C. The highest BCUT2D eigenvalue weighted by molar-refractivity contribution is 5.26. The summed E-state index contributed by atoms with van der Waals surface area (Å²) in [5, 5.41) is 95.8. The molecular weight excluding hydrogens is 812 g/mol. The second kappa shape index (κ2) is 17.3. The molecule has 17 heteroatoms. The van der Waals surface area contributed by atoms with E-state index in [0.29, 0.717) is 48.3 Å². The van der Waals surface area contributed by atoms with Crippen molar-refractivity contribution in [3.8, 4) is 0 Å². The number of rotatable bonds is 8. The lowest BCUT2D eigenvalue weighted by molar-refractivity contribution is -0.394. The highest BCUT2D eigenvalue weighted by Gasteiger charge is 2.69. The molecule has 0 aromatic carbocycles. The number of allylic oxidation sites excluding steroid dienone is 1. The smallest absolute Gasteiger partial charge is 0.187 e. The van der Waals surface area contributed by atoms with E-state index in [1.165, 1.54) is 12.5 Å². The second-order valence-corrected chi connectivity index (χ2v) is 21.1. The molecule has 9 N–H and O–H groups in total. The Hall–Kier alpha value is -0.940. The zero-order valence-corrected chi connectivity index (χ0v) is 36.6. The Bertz CT molecular complexity index is 1610. The first-order chi connectivity index (χ1) is 29.4. The van der Waals surface area contributed by atoms with Crippen LogP contribution in [0.2, 0.25) is 0 Å². The molecule has 8 fully saturated rings. The highest BCUT2D eigenvalue weighted by Crippen LogP contribution is 2.70. The van der Waals surface area contributed by atoms with Gasteiger partial charge in [-0.2, -0.15) is 0 Å². The highest BCUT2D eigenvalue weighted by atomic mass is 16.8. The first-order valence-electron chi connectivity index (χ1n) is 23.4. The van der Waals surface area contributed by atoms with Gasteiger partial charge in [0.05, 0.1) is 38.1 Å². The maximum atomic E-state index is 11.6. The van der Waals surface area contributed by atoms with Crippen molar-refractivity contribution < 1.29 is 83.9 Å². The fourth-order valence-corrected chi connectivity index (χ4v) is 14.0. The Morgan fingerprint density at radius 3 is 2.03 bits per heavy atom. The third-order valence-corrected chi connectivity index (χ3v) is 17.7. The van der Waals surface area contributed by atoms with E-state index in [4.69, 9.17) is 37.9 Å². The average molecular weight is 885 g/mol. The van der Waals surface area contributed by atoms with E-state index < -0.39 is 117 Å². The second-order valence-electron chi connectivity index (χ2n) is 21.1. The monoisotopic (exact) mass is 884 g/mol. The first-order valence-corrected chi connectivity index (χ1v) is 23.4. The predicted octanol–water partition coefficient (Wildman–Crippen LogP) is 0.214. The molecule has 0 aromatic rings. The van der Waals surface area contributed by atoms with Gasteiger partial charge in [-0.3, -0.25) is 0 Å². The van der Waals surface area contributed by atoms with Crippen molar-refractivity contribution in [2.24, 2.45) is 46.3 Å². The van der Waals surface area contributed by atoms with Gasteiger partial charge in [0.1, 0.15) is 67.1 Å². The molecular formula is C45H72O17. The fraction of sp³-hybridized carbons (Fsp3) is 0.956. The lowest BCUT2D eigenvalue weighted by Crippen LogP contribution is -2.67. The molecule has 5 aliphatic heterocycles. The van der Waals surface area contributed by atoms with Gasteiger partial charge >= 0.3 is 0 Å². The van der Waals surface area contributed by atoms with Gasteiger partial charge in [0, 0.05) is 12.3 Å². The van der Waals surface area contributed by atoms with Crippen molar-refractivity contribution >= 4 is 0 Å². The normalized spacial score (nSPS) is 57.6. The van der Waals surface area contributed by atoms with Crippen molar-refractivity contribution in [1.82, 2.24) is 0 Å². The molecule has 3 saturated carbocycles. The van der Waals surface area contributed by atoms with Gasteiger partial charge in [-0.25, -0.2) is 0 Å². The van der Waals surface area contributed by atoms with Crippen LogP contribution in [0.4, 0.5) is 0 Å². The van der Waals surface area contributed by atoms with Crippen molar-refractivity contribution in [2.75, 3.05) is 19.8 Å². The van der Waals surface area contributed by atoms with Gasteiger partial charge in [0.2, 0.25) is 0 Å². The molecule has 0 aromatic heterocycles. The molecule has 1 spiro atoms. The van der Waals surface area contributed by atoms with Gasteiger partial charge < -0.3 is 83.9 Å². The molecule has 26 atom stereocenters. The largest absolute Gasteiger partial charge is 0.394 e. The van der Waals surface area contributed by atoms with Gasteiger partial charge in [-0.05, 0) is 98.7 Å². The first kappa shape index (κ1) is 46.2. The van der Waals surface area contributed by atoms with Crippen LogP contribution in [0.25, 0.3) is 0 Å². The summed E-state index contributed by atoms with van der Waals surface area (Å²) >= 11 is 0. The quantitative estimate of drug-likeness (QED) is 0.148. The van der Waals surface area contributed by atoms with E-state index in [1.54, 1.807) is 0 Å². The summed E-state index contributed by atoms with van der Waals surface area (Å²) in [7, 11) is 0. The van der Waals surface area contributed by atoms with Crippen molar-refractivity contribution in [2.45, 2.75) is 203 Å². The van der Waals surface area contributed by atoms with Gasteiger partial charge in [-0.15, -0.1) is 0 Å². The zero-order chi connectivity index (χ0) is 44.2. The topological polar surface area (TPSA) is 256 Å². The maximum Gasteiger partial charge on any atom is 0.187 e. The summed E-state index contributed by atoms with van der Waals surface area (Å²) in [5.74, 6) is 2.52. The summed E-state index contributed by atoms with van der Waals surface area (Å²) in [6, 6.07) is 0. The number of ether oxygens (including phenoxy) is 8. The van der Waals surface area contributed by atoms with E-state index in [2.05, 4.69) is 33.8 Å². The Balaban J connectivity index is 0.940. The van der Waals surface area contributed by atoms with Crippen LogP contribution in [-0.4, -0.2) is 176 Å². The molecule has 0 unspecified atom stereocenters. The molecule has 5 saturated heterocycles. The minimum atomic E-state index is -1.84. The van der Waals surface area contributed by atoms with Gasteiger partial charge in [-0.1, -0.05) is 39.3 Å². The molecule has 17 nitrogen and oxygen atoms in total. The molecule has 0 bridgehead atoms. The van der Waals surface area contributed by atoms with Crippen LogP contribution < -0.4 is 0 Å². The standard InChI is InChI=1S/C45H72O17/c1-19-8-13-45(55-18-19)20(2)30-27(62-45)15-26-24-7-6-22-14-23(9-11-43(22,4)25(24)10-12-44(26,30)5)57-42-39(61-40-36(53)34(51)31(48)21(3)56-40)38(33(50)29(17-47)59-42)60-41-37(54)35(52)32(49)28(16-46)58-41/h6,19-21,23-42,46-54H,7-18H2,1-5H3/t19-,20+,21+,23+,24-,25+,26+,27+,28-,29+,30+,31+,32-,33-,34-,35+,36-,37-,38+,39-,40+,41+,42+,43+,44+,45-/m1/s1. The Morgan fingerprint density at radius 2 is 1.34 bits per heavy atom. The molecule has 354 valence electrons. The molecule has 9 aliphatic rings. The van der Waals surface area contributed by atoms with E-state index in [-0.39, 0.29) is 16.9 Å². The third-order valence-electron chi connectivity index (χ3n) is 17.7. The number of hydrogen-bond donors (Lipinski definition) is 9. The van der Waals surface area contributed by atoms with Crippen LogP contribution in [0.3, 0.4) is 0 Å². The van der Waals surface area contributed by atoms with Crippen LogP contribution in [-0.2, 0) is 37.9 Å². The summed E-state index contributed by atoms with van der Waals surface area (Å²) < 4.78 is 50.3. The minimum Gasteiger partial charge on any atom is -0.394 e. The summed E-state index contributed by atoms with van der Waals surface area (Å²) in [6.45, 7) is 10.4. The Labute approximate surface area is 363 Å². The van der Waals surface area contributed by atoms with Crippen molar-refractivity contribution in [3.05, 3.63) is 11.6 Å². The number of fused-ring (bicyclic) bond motifs is 7. The maximum absolute atomic E-state index is 11.6. The van der Waals surface area contributed by atoms with E-state index in [1.807, 2.05) is 0 Å². The Kier molecular flexibility index (Phi) is 12.9. The molecule has 5 heterocycles. The fourth-order valence-electron chi connectivity index (χ4n) is 14.0. The zero-order valence-electron chi connectivity index (χ0n) is 36.6. The van der Waals surface area contributed by atoms with Gasteiger partial charge in [0.15, 0.2) is 24.7 Å². The lowest BCUT2D eigenvalue weighted by atomic mass is 9.47. The summed E-state index contributed by atoms with van der Waals surface area (Å²) in [4.78, 5) is 0. The van der Waals surface area contributed by atoms with Crippen molar-refractivity contribution in [3.63, 3.8) is 0 Å². The van der Waals surface area contributed by atoms with Crippen molar-refractivity contribution in [1.29, 1.82) is 0 Å². The molecule has 0 amide bonds. The summed E-state index contributed by atoms with van der Waals surface area (Å²) in [5.41, 5.74) is 1.45. The van der Waals surface area contributed by atoms with Crippen LogP contribution in [0.5, 0.6) is 0 Å². The molecule has 4 aliphatic carbocycles. The van der Waals surface area contributed by atoms with E-state index in [9.17, 15) is 46.0 Å². The average Bonchev–Trinajstić information content (AvgIpc) is 3.70. The van der Waals surface area contributed by atoms with Crippen LogP contribution in [0, 0.1) is 46.3 Å². The third kappa shape index (κ3) is 7.49. The van der Waals surface area contributed by atoms with Crippen LogP contribution >= 0.6 is 0 Å². The van der Waals surface area contributed by atoms with Gasteiger partial charge in [0.25, 0.3) is 0 Å². The van der Waals surface area contributed by atoms with Crippen LogP contribution in [0.15, 0.2) is 11.6 Å². The predicted molar refractivity (Wildman–Crippen MR) is 214 cm³/mol. The number of hydrogen-bond acceptors (Lipinski definition) is 17. The lowest BCUT2D eigenvalue weighted by Gasteiger charge is -2.59. The number of aliphatic hydroxyl groups is 9. The van der Waals surface area contributed by atoms with E-state index in [0.717, 1.165) is 51.6 Å². The van der Waals surface area contributed by atoms with E-state index >= 15 is 0 Å². The molecule has 9 rings (SSSR count). The molecule has 62 heavy (non-hydrogen) atoms. The molecule has 0 radical (unpaired) electrons. The van der Waals surface area contributed by atoms with Crippen LogP contribution in [0.1, 0.15) is 92.4 Å². The minimum absolute atomic E-state index is 0.0484. The Morgan fingerprint density at radius 1 is 0.677 bits per heavy atom.